The van der Waals surface area contributed by atoms with Gasteiger partial charge in [0.25, 0.3) is 0 Å². The van der Waals surface area contributed by atoms with Crippen molar-refractivity contribution in [3.8, 4) is 11.5 Å². The molecule has 0 spiro atoms. The van der Waals surface area contributed by atoms with Crippen molar-refractivity contribution in [1.29, 1.82) is 0 Å². The van der Waals surface area contributed by atoms with Gasteiger partial charge in [0.1, 0.15) is 6.61 Å². The number of fused-ring (bicyclic) bond motifs is 1. The molecule has 0 saturated carbocycles. The summed E-state index contributed by atoms with van der Waals surface area (Å²) in [6, 6.07) is 30.1. The molecule has 0 aliphatic heterocycles. The van der Waals surface area contributed by atoms with Crippen LogP contribution in [-0.4, -0.2) is 7.11 Å². The van der Waals surface area contributed by atoms with Crippen LogP contribution in [0.1, 0.15) is 42.0 Å². The van der Waals surface area contributed by atoms with Crippen molar-refractivity contribution in [2.45, 2.75) is 45.6 Å². The molecule has 0 amide bonds. The lowest BCUT2D eigenvalue weighted by atomic mass is 9.95. The Morgan fingerprint density at radius 3 is 2.19 bits per heavy atom. The molecule has 0 bridgehead atoms. The summed E-state index contributed by atoms with van der Waals surface area (Å²) in [7, 11) is 1.68. The predicted octanol–water partition coefficient (Wildman–Crippen LogP) is 7.56. The Morgan fingerprint density at radius 2 is 1.38 bits per heavy atom. The lowest BCUT2D eigenvalue weighted by molar-refractivity contribution is 0.284. The van der Waals surface area contributed by atoms with Crippen LogP contribution in [0.15, 0.2) is 84.9 Å². The van der Waals surface area contributed by atoms with E-state index >= 15 is 0 Å². The van der Waals surface area contributed by atoms with E-state index in [2.05, 4.69) is 67.6 Å². The second-order valence-corrected chi connectivity index (χ2v) is 8.33. The van der Waals surface area contributed by atoms with Gasteiger partial charge in [-0.1, -0.05) is 86.1 Å². The maximum absolute atomic E-state index is 6.06. The molecule has 0 atom stereocenters. The number of para-hydroxylation sites is 2. The van der Waals surface area contributed by atoms with Crippen molar-refractivity contribution in [1.82, 2.24) is 0 Å². The van der Waals surface area contributed by atoms with Gasteiger partial charge in [0.2, 0.25) is 0 Å². The monoisotopic (exact) mass is 424 g/mol. The van der Waals surface area contributed by atoms with E-state index in [-0.39, 0.29) is 0 Å². The molecule has 0 N–H and O–H groups in total. The van der Waals surface area contributed by atoms with Gasteiger partial charge >= 0.3 is 0 Å². The Bertz CT molecular complexity index is 1160. The first-order chi connectivity index (χ1) is 15.8. The average molecular weight is 425 g/mol. The third-order valence-electron chi connectivity index (χ3n) is 5.98. The molecule has 32 heavy (non-hydrogen) atoms. The minimum atomic E-state index is 0.546. The Labute approximate surface area is 191 Å². The van der Waals surface area contributed by atoms with Crippen LogP contribution in [0.2, 0.25) is 0 Å². The summed E-state index contributed by atoms with van der Waals surface area (Å²) >= 11 is 0. The van der Waals surface area contributed by atoms with Gasteiger partial charge in [-0.3, -0.25) is 0 Å². The van der Waals surface area contributed by atoms with Crippen LogP contribution in [0.25, 0.3) is 10.8 Å². The van der Waals surface area contributed by atoms with Gasteiger partial charge in [-0.05, 0) is 70.8 Å². The smallest absolute Gasteiger partial charge is 0.161 e. The van der Waals surface area contributed by atoms with E-state index in [0.717, 1.165) is 43.6 Å². The summed E-state index contributed by atoms with van der Waals surface area (Å²) in [5, 5.41) is 2.64. The molecule has 4 rings (SSSR count). The minimum Gasteiger partial charge on any atom is -0.493 e. The van der Waals surface area contributed by atoms with Crippen molar-refractivity contribution in [2.75, 3.05) is 7.11 Å². The molecule has 0 saturated heterocycles. The van der Waals surface area contributed by atoms with Crippen LogP contribution in [-0.2, 0) is 25.9 Å². The summed E-state index contributed by atoms with van der Waals surface area (Å²) in [4.78, 5) is 0. The molecule has 0 aromatic heterocycles. The van der Waals surface area contributed by atoms with Crippen LogP contribution in [0.4, 0.5) is 0 Å². The Kier molecular flexibility index (Phi) is 7.45. The van der Waals surface area contributed by atoms with E-state index in [0.29, 0.717) is 6.61 Å². The third kappa shape index (κ3) is 5.50. The van der Waals surface area contributed by atoms with Gasteiger partial charge < -0.3 is 9.47 Å². The predicted molar refractivity (Wildman–Crippen MR) is 134 cm³/mol. The van der Waals surface area contributed by atoms with E-state index in [1.165, 1.54) is 33.0 Å². The molecule has 4 aromatic rings. The lowest BCUT2D eigenvalue weighted by Gasteiger charge is -2.14. The molecule has 0 unspecified atom stereocenters. The molecular weight excluding hydrogens is 392 g/mol. The van der Waals surface area contributed by atoms with Crippen LogP contribution < -0.4 is 9.47 Å². The molecule has 2 nitrogen and oxygen atoms in total. The molecule has 0 radical (unpaired) electrons. The summed E-state index contributed by atoms with van der Waals surface area (Å²) in [6.07, 6.45) is 5.61. The van der Waals surface area contributed by atoms with Crippen molar-refractivity contribution in [3.05, 3.63) is 107 Å². The number of methoxy groups -OCH3 is 1. The highest BCUT2D eigenvalue weighted by molar-refractivity contribution is 5.82. The summed E-state index contributed by atoms with van der Waals surface area (Å²) in [6.45, 7) is 2.79. The topological polar surface area (TPSA) is 18.5 Å². The maximum atomic E-state index is 6.06. The van der Waals surface area contributed by atoms with Crippen molar-refractivity contribution in [3.63, 3.8) is 0 Å². The fourth-order valence-corrected chi connectivity index (χ4v) is 4.29. The molecule has 4 aromatic carbocycles. The van der Waals surface area contributed by atoms with Crippen LogP contribution >= 0.6 is 0 Å². The van der Waals surface area contributed by atoms with E-state index in [4.69, 9.17) is 9.47 Å². The number of benzene rings is 4. The normalized spacial score (nSPS) is 10.9. The van der Waals surface area contributed by atoms with Crippen molar-refractivity contribution in [2.24, 2.45) is 0 Å². The fraction of sp³-hybridized carbons (Fsp3) is 0.267. The van der Waals surface area contributed by atoms with E-state index < -0.39 is 0 Å². The van der Waals surface area contributed by atoms with E-state index in [1.807, 2.05) is 24.3 Å². The zero-order valence-corrected chi connectivity index (χ0v) is 19.1. The number of aryl methyl sites for hydroxylation is 3. The standard InChI is InChI=1S/C30H32O2/c1-3-9-25-19-17-24(22-32-30-15-7-6-14-29(30)31-2)21-28(25)13-8-10-23-16-18-26-11-4-5-12-27(26)20-23/h4-7,11-12,14-21H,3,8-10,13,22H2,1-2H3. The van der Waals surface area contributed by atoms with Crippen molar-refractivity contribution < 1.29 is 9.47 Å². The first kappa shape index (κ1) is 22.0. The third-order valence-corrected chi connectivity index (χ3v) is 5.98. The molecule has 0 aliphatic rings. The molecular formula is C30H32O2. The van der Waals surface area contributed by atoms with Gasteiger partial charge in [-0.25, -0.2) is 0 Å². The first-order valence-electron chi connectivity index (χ1n) is 11.6. The van der Waals surface area contributed by atoms with E-state index in [9.17, 15) is 0 Å². The summed E-state index contributed by atoms with van der Waals surface area (Å²) in [5.74, 6) is 1.55. The van der Waals surface area contributed by atoms with Crippen LogP contribution in [0.5, 0.6) is 11.5 Å². The van der Waals surface area contributed by atoms with Crippen molar-refractivity contribution >= 4 is 10.8 Å². The lowest BCUT2D eigenvalue weighted by Crippen LogP contribution is -2.02. The highest BCUT2D eigenvalue weighted by atomic mass is 16.5. The van der Waals surface area contributed by atoms with Gasteiger partial charge in [0.05, 0.1) is 7.11 Å². The average Bonchev–Trinajstić information content (AvgIpc) is 2.84. The fourth-order valence-electron chi connectivity index (χ4n) is 4.29. The van der Waals surface area contributed by atoms with Gasteiger partial charge in [0, 0.05) is 0 Å². The second-order valence-electron chi connectivity index (χ2n) is 8.33. The molecule has 164 valence electrons. The van der Waals surface area contributed by atoms with E-state index in [1.54, 1.807) is 7.11 Å². The maximum Gasteiger partial charge on any atom is 0.161 e. The minimum absolute atomic E-state index is 0.546. The number of hydrogen-bond donors (Lipinski definition) is 0. The first-order valence-corrected chi connectivity index (χ1v) is 11.6. The quantitative estimate of drug-likeness (QED) is 0.261. The molecule has 2 heteroatoms. The second kappa shape index (κ2) is 10.9. The molecule has 0 aliphatic carbocycles. The van der Waals surface area contributed by atoms with Gasteiger partial charge in [0.15, 0.2) is 11.5 Å². The Balaban J connectivity index is 1.42. The SMILES string of the molecule is CCCc1ccc(COc2ccccc2OC)cc1CCCc1ccc2ccccc2c1. The van der Waals surface area contributed by atoms with Gasteiger partial charge in [-0.2, -0.15) is 0 Å². The number of rotatable bonds is 10. The van der Waals surface area contributed by atoms with Crippen LogP contribution in [0.3, 0.4) is 0 Å². The highest BCUT2D eigenvalue weighted by Gasteiger charge is 2.07. The Morgan fingerprint density at radius 1 is 0.625 bits per heavy atom. The van der Waals surface area contributed by atoms with Crippen LogP contribution in [0, 0.1) is 0 Å². The molecule has 0 heterocycles. The largest absolute Gasteiger partial charge is 0.493 e. The Hall–Kier alpha value is -3.26. The molecule has 0 fully saturated rings. The summed E-state index contributed by atoms with van der Waals surface area (Å²) < 4.78 is 11.5. The zero-order valence-electron chi connectivity index (χ0n) is 19.1. The highest BCUT2D eigenvalue weighted by Crippen LogP contribution is 2.27. The zero-order chi connectivity index (χ0) is 22.2. The van der Waals surface area contributed by atoms with Gasteiger partial charge in [-0.15, -0.1) is 0 Å². The number of hydrogen-bond acceptors (Lipinski definition) is 2. The number of ether oxygens (including phenoxy) is 2. The summed E-state index contributed by atoms with van der Waals surface area (Å²) in [5.41, 5.74) is 5.54.